The normalized spacial score (nSPS) is 11.9. The predicted octanol–water partition coefficient (Wildman–Crippen LogP) is 3.55. The number of hydrogen-bond donors (Lipinski definition) is 0. The van der Waals surface area contributed by atoms with Crippen molar-refractivity contribution in [1.29, 1.82) is 0 Å². The fourth-order valence-electron chi connectivity index (χ4n) is 2.22. The SMILES string of the molecule is C[C@@H](OC(=O)CCc1nc(-c2cccs2)no1)C(=O)c1ccccc1. The molecule has 0 unspecified atom stereocenters. The molecule has 1 atom stereocenters. The van der Waals surface area contributed by atoms with E-state index in [1.165, 1.54) is 11.3 Å². The molecule has 0 aliphatic rings. The summed E-state index contributed by atoms with van der Waals surface area (Å²) in [6.45, 7) is 1.56. The second kappa shape index (κ2) is 7.85. The van der Waals surface area contributed by atoms with Gasteiger partial charge < -0.3 is 9.26 Å². The van der Waals surface area contributed by atoms with Crippen LogP contribution in [0.5, 0.6) is 0 Å². The number of aromatic nitrogens is 2. The lowest BCUT2D eigenvalue weighted by Gasteiger charge is -2.11. The van der Waals surface area contributed by atoms with Gasteiger partial charge in [0.25, 0.3) is 0 Å². The molecule has 2 heterocycles. The second-order valence-corrected chi connectivity index (χ2v) is 6.30. The number of carbonyl (C=O) groups excluding carboxylic acids is 2. The minimum absolute atomic E-state index is 0.0679. The molecular formula is C18H16N2O4S. The minimum atomic E-state index is -0.834. The van der Waals surface area contributed by atoms with Crippen molar-refractivity contribution in [2.24, 2.45) is 0 Å². The van der Waals surface area contributed by atoms with Crippen LogP contribution in [0.4, 0.5) is 0 Å². The van der Waals surface area contributed by atoms with Gasteiger partial charge >= 0.3 is 5.97 Å². The quantitative estimate of drug-likeness (QED) is 0.476. The Labute approximate surface area is 148 Å². The highest BCUT2D eigenvalue weighted by atomic mass is 32.1. The maximum absolute atomic E-state index is 12.2. The second-order valence-electron chi connectivity index (χ2n) is 5.35. The zero-order chi connectivity index (χ0) is 17.6. The third kappa shape index (κ3) is 4.39. The molecule has 0 fully saturated rings. The van der Waals surface area contributed by atoms with Gasteiger partial charge in [-0.2, -0.15) is 4.98 Å². The van der Waals surface area contributed by atoms with Crippen molar-refractivity contribution < 1.29 is 18.8 Å². The molecule has 2 aromatic heterocycles. The highest BCUT2D eigenvalue weighted by molar-refractivity contribution is 7.13. The van der Waals surface area contributed by atoms with Gasteiger partial charge in [0.1, 0.15) is 0 Å². The first-order valence-electron chi connectivity index (χ1n) is 7.78. The molecule has 3 rings (SSSR count). The molecule has 0 amide bonds. The monoisotopic (exact) mass is 356 g/mol. The number of carbonyl (C=O) groups is 2. The number of benzene rings is 1. The van der Waals surface area contributed by atoms with E-state index in [-0.39, 0.29) is 18.6 Å². The summed E-state index contributed by atoms with van der Waals surface area (Å²) in [5.41, 5.74) is 0.514. The maximum Gasteiger partial charge on any atom is 0.307 e. The van der Waals surface area contributed by atoms with E-state index in [0.717, 1.165) is 4.88 Å². The fourth-order valence-corrected chi connectivity index (χ4v) is 2.87. The number of nitrogens with zero attached hydrogens (tertiary/aromatic N) is 2. The Morgan fingerprint density at radius 2 is 2.00 bits per heavy atom. The van der Waals surface area contributed by atoms with Crippen LogP contribution in [0.1, 0.15) is 29.6 Å². The molecule has 128 valence electrons. The summed E-state index contributed by atoms with van der Waals surface area (Å²) < 4.78 is 10.3. The van der Waals surface area contributed by atoms with E-state index < -0.39 is 12.1 Å². The van der Waals surface area contributed by atoms with Crippen molar-refractivity contribution in [2.45, 2.75) is 25.9 Å². The number of esters is 1. The van der Waals surface area contributed by atoms with Gasteiger partial charge in [0.2, 0.25) is 17.5 Å². The van der Waals surface area contributed by atoms with Crippen LogP contribution in [-0.4, -0.2) is 28.0 Å². The van der Waals surface area contributed by atoms with Crippen LogP contribution >= 0.6 is 11.3 Å². The Hall–Kier alpha value is -2.80. The van der Waals surface area contributed by atoms with Crippen LogP contribution in [0.2, 0.25) is 0 Å². The van der Waals surface area contributed by atoms with Gasteiger partial charge in [-0.3, -0.25) is 9.59 Å². The first-order chi connectivity index (χ1) is 12.1. The zero-order valence-electron chi connectivity index (χ0n) is 13.5. The summed E-state index contributed by atoms with van der Waals surface area (Å²) in [6.07, 6.45) is -0.499. The number of ether oxygens (including phenoxy) is 1. The van der Waals surface area contributed by atoms with Gasteiger partial charge in [-0.05, 0) is 18.4 Å². The molecule has 0 saturated carbocycles. The van der Waals surface area contributed by atoms with Gasteiger partial charge in [-0.15, -0.1) is 11.3 Å². The Morgan fingerprint density at radius 1 is 1.20 bits per heavy atom. The lowest BCUT2D eigenvalue weighted by atomic mass is 10.1. The van der Waals surface area contributed by atoms with Crippen molar-refractivity contribution in [3.05, 3.63) is 59.3 Å². The Bertz CT molecular complexity index is 843. The molecule has 0 radical (unpaired) electrons. The summed E-state index contributed by atoms with van der Waals surface area (Å²) in [5.74, 6) is 0.160. The van der Waals surface area contributed by atoms with E-state index in [4.69, 9.17) is 9.26 Å². The molecule has 0 aliphatic carbocycles. The summed E-state index contributed by atoms with van der Waals surface area (Å²) >= 11 is 1.51. The molecule has 25 heavy (non-hydrogen) atoms. The summed E-state index contributed by atoms with van der Waals surface area (Å²) in [4.78, 5) is 29.3. The van der Waals surface area contributed by atoms with E-state index in [1.807, 2.05) is 23.6 Å². The van der Waals surface area contributed by atoms with E-state index in [0.29, 0.717) is 17.3 Å². The van der Waals surface area contributed by atoms with Crippen LogP contribution in [0.25, 0.3) is 10.7 Å². The predicted molar refractivity (Wildman–Crippen MR) is 92.3 cm³/mol. The molecular weight excluding hydrogens is 340 g/mol. The minimum Gasteiger partial charge on any atom is -0.454 e. The van der Waals surface area contributed by atoms with Crippen LogP contribution in [0.3, 0.4) is 0 Å². The van der Waals surface area contributed by atoms with Crippen LogP contribution in [0, 0.1) is 0 Å². The van der Waals surface area contributed by atoms with Gasteiger partial charge in [0.15, 0.2) is 6.10 Å². The smallest absolute Gasteiger partial charge is 0.307 e. The van der Waals surface area contributed by atoms with E-state index in [9.17, 15) is 9.59 Å². The van der Waals surface area contributed by atoms with Crippen LogP contribution in [-0.2, 0) is 16.0 Å². The maximum atomic E-state index is 12.2. The van der Waals surface area contributed by atoms with Crippen molar-refractivity contribution in [1.82, 2.24) is 10.1 Å². The molecule has 0 spiro atoms. The largest absolute Gasteiger partial charge is 0.454 e. The van der Waals surface area contributed by atoms with Gasteiger partial charge in [0.05, 0.1) is 11.3 Å². The van der Waals surface area contributed by atoms with Crippen molar-refractivity contribution in [3.8, 4) is 10.7 Å². The summed E-state index contributed by atoms with van der Waals surface area (Å²) in [6, 6.07) is 12.5. The average Bonchev–Trinajstić information content (AvgIpc) is 3.31. The fraction of sp³-hybridized carbons (Fsp3) is 0.222. The number of ketones is 1. The third-order valence-electron chi connectivity index (χ3n) is 3.49. The Kier molecular flexibility index (Phi) is 5.35. The first-order valence-corrected chi connectivity index (χ1v) is 8.66. The Balaban J connectivity index is 1.50. The summed E-state index contributed by atoms with van der Waals surface area (Å²) in [5, 5.41) is 5.81. The van der Waals surface area contributed by atoms with Crippen molar-refractivity contribution in [2.75, 3.05) is 0 Å². The molecule has 0 saturated heterocycles. The topological polar surface area (TPSA) is 82.3 Å². The van der Waals surface area contributed by atoms with Gasteiger partial charge in [0, 0.05) is 12.0 Å². The highest BCUT2D eigenvalue weighted by Gasteiger charge is 2.20. The molecule has 0 N–H and O–H groups in total. The molecule has 7 heteroatoms. The van der Waals surface area contributed by atoms with E-state index >= 15 is 0 Å². The van der Waals surface area contributed by atoms with Crippen LogP contribution in [0.15, 0.2) is 52.4 Å². The first kappa shape index (κ1) is 17.0. The average molecular weight is 356 g/mol. The third-order valence-corrected chi connectivity index (χ3v) is 4.35. The number of Topliss-reactive ketones (excluding diaryl/α,β-unsaturated/α-hetero) is 1. The number of rotatable bonds is 7. The molecule has 1 aromatic carbocycles. The van der Waals surface area contributed by atoms with Gasteiger partial charge in [-0.25, -0.2) is 0 Å². The van der Waals surface area contributed by atoms with E-state index in [1.54, 1.807) is 31.2 Å². The summed E-state index contributed by atoms with van der Waals surface area (Å²) in [7, 11) is 0. The van der Waals surface area contributed by atoms with Gasteiger partial charge in [-0.1, -0.05) is 41.6 Å². The lowest BCUT2D eigenvalue weighted by molar-refractivity contribution is -0.146. The molecule has 6 nitrogen and oxygen atoms in total. The standard InChI is InChI=1S/C18H16N2O4S/c1-12(17(22)13-6-3-2-4-7-13)23-16(21)10-9-15-19-18(20-24-15)14-8-5-11-25-14/h2-8,11-12H,9-10H2,1H3/t12-/m1/s1. The highest BCUT2D eigenvalue weighted by Crippen LogP contribution is 2.21. The van der Waals surface area contributed by atoms with Crippen LogP contribution < -0.4 is 0 Å². The van der Waals surface area contributed by atoms with Crippen molar-refractivity contribution in [3.63, 3.8) is 0 Å². The molecule has 0 aliphatic heterocycles. The number of thiophene rings is 1. The molecule has 0 bridgehead atoms. The Morgan fingerprint density at radius 3 is 2.72 bits per heavy atom. The van der Waals surface area contributed by atoms with Crippen molar-refractivity contribution >= 4 is 23.1 Å². The zero-order valence-corrected chi connectivity index (χ0v) is 14.4. The van der Waals surface area contributed by atoms with E-state index in [2.05, 4.69) is 10.1 Å². The lowest BCUT2D eigenvalue weighted by Crippen LogP contribution is -2.24. The number of hydrogen-bond acceptors (Lipinski definition) is 7. The number of aryl methyl sites for hydroxylation is 1. The molecule has 3 aromatic rings.